The van der Waals surface area contributed by atoms with Gasteiger partial charge in [0.05, 0.1) is 0 Å². The van der Waals surface area contributed by atoms with Crippen LogP contribution in [-0.4, -0.2) is 21.6 Å². The number of hydrogen-bond acceptors (Lipinski definition) is 1. The van der Waals surface area contributed by atoms with Crippen molar-refractivity contribution in [2.75, 3.05) is 18.5 Å². The molecule has 0 bridgehead atoms. The molecule has 1 aromatic rings. The van der Waals surface area contributed by atoms with Crippen LogP contribution in [-0.2, 0) is 0 Å². The van der Waals surface area contributed by atoms with Gasteiger partial charge in [-0.1, -0.05) is 0 Å². The molecule has 0 amide bonds. The van der Waals surface area contributed by atoms with Crippen molar-refractivity contribution in [3.8, 4) is 0 Å². The molecule has 0 aliphatic heterocycles. The molecule has 0 saturated heterocycles. The molecule has 0 radical (unpaired) electrons. The van der Waals surface area contributed by atoms with Gasteiger partial charge < -0.3 is 0 Å². The second-order valence-corrected chi connectivity index (χ2v) is 6.36. The molecule has 0 N–H and O–H groups in total. The second-order valence-electron chi connectivity index (χ2n) is 2.87. The fourth-order valence-corrected chi connectivity index (χ4v) is 2.19. The van der Waals surface area contributed by atoms with E-state index in [9.17, 15) is 0 Å². The zero-order valence-electron chi connectivity index (χ0n) is 8.07. The van der Waals surface area contributed by atoms with Gasteiger partial charge in [0.25, 0.3) is 0 Å². The summed E-state index contributed by atoms with van der Waals surface area (Å²) in [5.41, 5.74) is 1.30. The predicted molar refractivity (Wildman–Crippen MR) is 54.0 cm³/mol. The predicted octanol–water partition coefficient (Wildman–Crippen LogP) is -0.735. The van der Waals surface area contributed by atoms with E-state index in [0.717, 1.165) is 0 Å². The maximum atomic E-state index is 2.30. The molecule has 0 atom stereocenters. The second kappa shape index (κ2) is 6.16. The molecule has 0 fully saturated rings. The minimum atomic E-state index is 0.213. The number of allylic oxidation sites excluding steroid dienone is 1. The third kappa shape index (κ3) is 5.05. The first-order valence-electron chi connectivity index (χ1n) is 4.27. The van der Waals surface area contributed by atoms with Crippen LogP contribution in [0.3, 0.4) is 0 Å². The number of hydrogen-bond donors (Lipinski definition) is 0. The summed E-state index contributed by atoms with van der Waals surface area (Å²) >= 11 is 0.213. The molecule has 0 aliphatic rings. The molecule has 0 aromatic heterocycles. The van der Waals surface area contributed by atoms with E-state index in [1.165, 1.54) is 9.99 Å². The van der Waals surface area contributed by atoms with Crippen molar-refractivity contribution in [1.82, 2.24) is 3.11 Å². The van der Waals surface area contributed by atoms with E-state index in [4.69, 9.17) is 0 Å². The van der Waals surface area contributed by atoms with Crippen molar-refractivity contribution in [3.05, 3.63) is 42.0 Å². The van der Waals surface area contributed by atoms with Crippen molar-refractivity contribution in [2.24, 2.45) is 0 Å². The van der Waals surface area contributed by atoms with Crippen LogP contribution in [0.25, 0.3) is 6.08 Å². The molecule has 1 aromatic carbocycles. The Labute approximate surface area is 91.1 Å². The zero-order chi connectivity index (χ0) is 9.52. The maximum absolute atomic E-state index is 2.30. The Morgan fingerprint density at radius 2 is 1.92 bits per heavy atom. The summed E-state index contributed by atoms with van der Waals surface area (Å²) < 4.78 is 3.52. The van der Waals surface area contributed by atoms with Crippen LogP contribution in [0.4, 0.5) is 0 Å². The third-order valence-electron chi connectivity index (χ3n) is 1.51. The number of alkyl halides is 1. The average molecular weight is 288 g/mol. The molecule has 72 valence electrons. The molecule has 1 nitrogen and oxygen atoms in total. The van der Waals surface area contributed by atoms with Gasteiger partial charge in [0.2, 0.25) is 0 Å². The summed E-state index contributed by atoms with van der Waals surface area (Å²) in [6.45, 7) is 0. The van der Waals surface area contributed by atoms with E-state index in [2.05, 4.69) is 53.6 Å². The fourth-order valence-electron chi connectivity index (χ4n) is 0.923. The van der Waals surface area contributed by atoms with Gasteiger partial charge in [-0.3, -0.25) is 0 Å². The third-order valence-corrected chi connectivity index (χ3v) is 3.77. The molecular formula is C11H15IN-. The Bertz CT molecular complexity index is 254. The summed E-state index contributed by atoms with van der Waals surface area (Å²) in [6, 6.07) is 10.4. The van der Waals surface area contributed by atoms with Gasteiger partial charge in [-0.25, -0.2) is 0 Å². The van der Waals surface area contributed by atoms with Gasteiger partial charge in [0, 0.05) is 0 Å². The summed E-state index contributed by atoms with van der Waals surface area (Å²) in [5, 5.41) is 0. The normalized spacial score (nSPS) is 11.6. The Kier molecular flexibility index (Phi) is 5.08. The SMILES string of the molecule is CN(C)[I-]C/C=C/c1ccccc1. The standard InChI is InChI=1S/C11H15IN/c1-13(2)12-10-6-9-11-7-4-3-5-8-11/h3-9H,10H2,1-2H3/q-1/b9-6+. The van der Waals surface area contributed by atoms with Crippen molar-refractivity contribution >= 4 is 6.08 Å². The molecule has 0 unspecified atom stereocenters. The van der Waals surface area contributed by atoms with E-state index in [0.29, 0.717) is 0 Å². The number of nitrogens with zero attached hydrogens (tertiary/aromatic N) is 1. The van der Waals surface area contributed by atoms with E-state index in [1.807, 2.05) is 6.07 Å². The number of benzene rings is 1. The molecule has 1 rings (SSSR count). The Morgan fingerprint density at radius 3 is 2.54 bits per heavy atom. The van der Waals surface area contributed by atoms with Crippen molar-refractivity contribution in [2.45, 2.75) is 0 Å². The molecule has 13 heavy (non-hydrogen) atoms. The van der Waals surface area contributed by atoms with Gasteiger partial charge in [-0.2, -0.15) is 0 Å². The fraction of sp³-hybridized carbons (Fsp3) is 0.273. The van der Waals surface area contributed by atoms with E-state index in [-0.39, 0.29) is 21.5 Å². The monoisotopic (exact) mass is 288 g/mol. The molecule has 0 heterocycles. The zero-order valence-corrected chi connectivity index (χ0v) is 10.2. The van der Waals surface area contributed by atoms with Crippen molar-refractivity contribution in [1.29, 1.82) is 0 Å². The summed E-state index contributed by atoms with van der Waals surface area (Å²) in [7, 11) is 4.28. The average Bonchev–Trinajstić information content (AvgIpc) is 2.14. The Hall–Kier alpha value is -0.350. The van der Waals surface area contributed by atoms with Crippen LogP contribution in [0.2, 0.25) is 0 Å². The van der Waals surface area contributed by atoms with Crippen LogP contribution in [0.5, 0.6) is 0 Å². The Balaban J connectivity index is 2.33. The molecule has 0 aliphatic carbocycles. The number of halogens is 1. The molecular weight excluding hydrogens is 273 g/mol. The van der Waals surface area contributed by atoms with E-state index < -0.39 is 0 Å². The minimum absolute atomic E-state index is 0.213. The van der Waals surface area contributed by atoms with Crippen LogP contribution < -0.4 is 21.5 Å². The van der Waals surface area contributed by atoms with Crippen LogP contribution in [0.1, 0.15) is 5.56 Å². The summed E-state index contributed by atoms with van der Waals surface area (Å²) in [4.78, 5) is 0. The molecule has 0 saturated carbocycles. The van der Waals surface area contributed by atoms with Crippen LogP contribution >= 0.6 is 0 Å². The van der Waals surface area contributed by atoms with Crippen molar-refractivity contribution < 1.29 is 21.5 Å². The van der Waals surface area contributed by atoms with Gasteiger partial charge in [0.15, 0.2) is 0 Å². The quantitative estimate of drug-likeness (QED) is 0.401. The first kappa shape index (κ1) is 10.7. The first-order valence-corrected chi connectivity index (χ1v) is 6.76. The summed E-state index contributed by atoms with van der Waals surface area (Å²) in [6.07, 6.45) is 4.46. The topological polar surface area (TPSA) is 3.24 Å². The van der Waals surface area contributed by atoms with E-state index in [1.54, 1.807) is 0 Å². The van der Waals surface area contributed by atoms with Gasteiger partial charge in [-0.05, 0) is 0 Å². The molecule has 0 spiro atoms. The number of rotatable bonds is 4. The Morgan fingerprint density at radius 1 is 1.23 bits per heavy atom. The molecule has 2 heteroatoms. The van der Waals surface area contributed by atoms with Crippen molar-refractivity contribution in [3.63, 3.8) is 0 Å². The van der Waals surface area contributed by atoms with E-state index >= 15 is 0 Å². The van der Waals surface area contributed by atoms with Gasteiger partial charge in [0.1, 0.15) is 0 Å². The van der Waals surface area contributed by atoms with Gasteiger partial charge in [-0.15, -0.1) is 0 Å². The van der Waals surface area contributed by atoms with Crippen LogP contribution in [0, 0.1) is 0 Å². The van der Waals surface area contributed by atoms with Gasteiger partial charge >= 0.3 is 91.2 Å². The first-order chi connectivity index (χ1) is 6.29. The summed E-state index contributed by atoms with van der Waals surface area (Å²) in [5.74, 6) is 0. The van der Waals surface area contributed by atoms with Crippen LogP contribution in [0.15, 0.2) is 36.4 Å².